The Kier molecular flexibility index (Phi) is 3.88. The molecule has 3 rings (SSSR count). The van der Waals surface area contributed by atoms with E-state index in [9.17, 15) is 9.90 Å². The number of aryl methyl sites for hydroxylation is 1. The Morgan fingerprint density at radius 1 is 1.33 bits per heavy atom. The standard InChI is InChI=1S/C16H15ClN2O2/c17-11-4-1-3-10(7-11)8-13(16(20)21)15-12-5-2-6-14(12)18-9-19-15/h1,3-4,7,9,13H,2,5-6,8H2,(H,20,21). The molecule has 2 aromatic rings. The molecule has 108 valence electrons. The number of aliphatic carboxylic acids is 1. The third-order valence-electron chi connectivity index (χ3n) is 3.87. The van der Waals surface area contributed by atoms with Gasteiger partial charge in [0.05, 0.1) is 5.69 Å². The zero-order valence-corrected chi connectivity index (χ0v) is 12.2. The minimum atomic E-state index is -0.859. The van der Waals surface area contributed by atoms with Crippen LogP contribution in [0.5, 0.6) is 0 Å². The second-order valence-corrected chi connectivity index (χ2v) is 5.70. The zero-order chi connectivity index (χ0) is 14.8. The van der Waals surface area contributed by atoms with Gasteiger partial charge < -0.3 is 5.11 Å². The molecule has 0 radical (unpaired) electrons. The van der Waals surface area contributed by atoms with Crippen LogP contribution in [-0.2, 0) is 24.1 Å². The Bertz CT molecular complexity index is 688. The van der Waals surface area contributed by atoms with Gasteiger partial charge in [0.2, 0.25) is 0 Å². The van der Waals surface area contributed by atoms with Crippen LogP contribution >= 0.6 is 11.6 Å². The molecule has 1 aliphatic carbocycles. The summed E-state index contributed by atoms with van der Waals surface area (Å²) >= 11 is 5.97. The summed E-state index contributed by atoms with van der Waals surface area (Å²) < 4.78 is 0. The lowest BCUT2D eigenvalue weighted by molar-refractivity contribution is -0.138. The lowest BCUT2D eigenvalue weighted by atomic mass is 9.92. The molecule has 0 fully saturated rings. The topological polar surface area (TPSA) is 63.1 Å². The fourth-order valence-electron chi connectivity index (χ4n) is 2.89. The number of carbonyl (C=O) groups is 1. The van der Waals surface area contributed by atoms with Crippen molar-refractivity contribution in [3.63, 3.8) is 0 Å². The Hall–Kier alpha value is -1.94. The highest BCUT2D eigenvalue weighted by Gasteiger charge is 2.28. The van der Waals surface area contributed by atoms with Crippen LogP contribution in [0.25, 0.3) is 0 Å². The smallest absolute Gasteiger partial charge is 0.312 e. The average Bonchev–Trinajstić information content (AvgIpc) is 2.93. The second-order valence-electron chi connectivity index (χ2n) is 5.26. The van der Waals surface area contributed by atoms with E-state index in [-0.39, 0.29) is 0 Å². The normalized spacial score (nSPS) is 14.7. The predicted octanol–water partition coefficient (Wildman–Crippen LogP) is 3.03. The van der Waals surface area contributed by atoms with Gasteiger partial charge in [0.1, 0.15) is 12.2 Å². The average molecular weight is 303 g/mol. The Morgan fingerprint density at radius 3 is 2.95 bits per heavy atom. The molecule has 0 saturated carbocycles. The fraction of sp³-hybridized carbons (Fsp3) is 0.312. The number of aromatic nitrogens is 2. The van der Waals surface area contributed by atoms with Gasteiger partial charge in [-0.15, -0.1) is 0 Å². The molecule has 0 amide bonds. The molecule has 1 heterocycles. The summed E-state index contributed by atoms with van der Waals surface area (Å²) in [5.74, 6) is -1.51. The maximum absolute atomic E-state index is 11.7. The van der Waals surface area contributed by atoms with Gasteiger partial charge in [-0.25, -0.2) is 9.97 Å². The lowest BCUT2D eigenvalue weighted by Gasteiger charge is -2.15. The van der Waals surface area contributed by atoms with Crippen molar-refractivity contribution >= 4 is 17.6 Å². The molecule has 1 aromatic carbocycles. The molecule has 1 aliphatic rings. The molecule has 1 aromatic heterocycles. The van der Waals surface area contributed by atoms with E-state index < -0.39 is 11.9 Å². The number of fused-ring (bicyclic) bond motifs is 1. The van der Waals surface area contributed by atoms with Gasteiger partial charge in [-0.1, -0.05) is 23.7 Å². The van der Waals surface area contributed by atoms with Crippen molar-refractivity contribution in [3.05, 3.63) is 58.1 Å². The van der Waals surface area contributed by atoms with Crippen molar-refractivity contribution in [3.8, 4) is 0 Å². The van der Waals surface area contributed by atoms with Crippen molar-refractivity contribution in [2.24, 2.45) is 0 Å². The van der Waals surface area contributed by atoms with Crippen LogP contribution < -0.4 is 0 Å². The van der Waals surface area contributed by atoms with E-state index in [1.807, 2.05) is 12.1 Å². The van der Waals surface area contributed by atoms with Gasteiger partial charge in [-0.05, 0) is 48.9 Å². The minimum Gasteiger partial charge on any atom is -0.481 e. The molecular weight excluding hydrogens is 288 g/mol. The highest BCUT2D eigenvalue weighted by Crippen LogP contribution is 2.29. The number of carboxylic acid groups (broad SMARTS) is 1. The van der Waals surface area contributed by atoms with Gasteiger partial charge in [-0.2, -0.15) is 0 Å². The summed E-state index contributed by atoms with van der Waals surface area (Å²) in [5, 5.41) is 10.2. The maximum Gasteiger partial charge on any atom is 0.312 e. The summed E-state index contributed by atoms with van der Waals surface area (Å²) in [7, 11) is 0. The van der Waals surface area contributed by atoms with Crippen LogP contribution in [0.2, 0.25) is 5.02 Å². The highest BCUT2D eigenvalue weighted by molar-refractivity contribution is 6.30. The summed E-state index contributed by atoms with van der Waals surface area (Å²) in [6.07, 6.45) is 4.66. The van der Waals surface area contributed by atoms with E-state index in [0.717, 1.165) is 36.1 Å². The molecule has 1 N–H and O–H groups in total. The van der Waals surface area contributed by atoms with E-state index in [1.165, 1.54) is 6.33 Å². The molecule has 4 nitrogen and oxygen atoms in total. The lowest BCUT2D eigenvalue weighted by Crippen LogP contribution is -2.18. The molecule has 0 saturated heterocycles. The highest BCUT2D eigenvalue weighted by atomic mass is 35.5. The van der Waals surface area contributed by atoms with E-state index >= 15 is 0 Å². The van der Waals surface area contributed by atoms with E-state index in [4.69, 9.17) is 11.6 Å². The zero-order valence-electron chi connectivity index (χ0n) is 11.4. The van der Waals surface area contributed by atoms with Crippen molar-refractivity contribution in [2.75, 3.05) is 0 Å². The van der Waals surface area contributed by atoms with Gasteiger partial charge in [0, 0.05) is 10.7 Å². The van der Waals surface area contributed by atoms with Gasteiger partial charge in [0.15, 0.2) is 0 Å². The van der Waals surface area contributed by atoms with E-state index in [2.05, 4.69) is 9.97 Å². The largest absolute Gasteiger partial charge is 0.481 e. The maximum atomic E-state index is 11.7. The Balaban J connectivity index is 1.96. The van der Waals surface area contributed by atoms with E-state index in [0.29, 0.717) is 17.1 Å². The van der Waals surface area contributed by atoms with Crippen LogP contribution in [0.1, 0.15) is 34.9 Å². The third kappa shape index (κ3) is 2.90. The quantitative estimate of drug-likeness (QED) is 0.943. The number of carboxylic acids is 1. The molecule has 1 atom stereocenters. The van der Waals surface area contributed by atoms with Crippen LogP contribution in [0.4, 0.5) is 0 Å². The number of nitrogens with zero attached hydrogens (tertiary/aromatic N) is 2. The monoisotopic (exact) mass is 302 g/mol. The number of hydrogen-bond donors (Lipinski definition) is 1. The number of hydrogen-bond acceptors (Lipinski definition) is 3. The van der Waals surface area contributed by atoms with Crippen LogP contribution in [0, 0.1) is 0 Å². The first-order chi connectivity index (χ1) is 10.1. The molecule has 0 aliphatic heterocycles. The molecule has 0 bridgehead atoms. The van der Waals surface area contributed by atoms with Crippen molar-refractivity contribution in [1.82, 2.24) is 9.97 Å². The summed E-state index contributed by atoms with van der Waals surface area (Å²) in [4.78, 5) is 20.2. The number of benzene rings is 1. The third-order valence-corrected chi connectivity index (χ3v) is 4.10. The van der Waals surface area contributed by atoms with Crippen LogP contribution in [-0.4, -0.2) is 21.0 Å². The van der Waals surface area contributed by atoms with Gasteiger partial charge in [-0.3, -0.25) is 4.79 Å². The van der Waals surface area contributed by atoms with Crippen LogP contribution in [0.15, 0.2) is 30.6 Å². The van der Waals surface area contributed by atoms with Crippen LogP contribution in [0.3, 0.4) is 0 Å². The molecule has 1 unspecified atom stereocenters. The summed E-state index contributed by atoms with van der Waals surface area (Å²) in [6.45, 7) is 0. The molecule has 21 heavy (non-hydrogen) atoms. The molecule has 0 spiro atoms. The van der Waals surface area contributed by atoms with Crippen molar-refractivity contribution < 1.29 is 9.90 Å². The first kappa shape index (κ1) is 14.0. The first-order valence-corrected chi connectivity index (χ1v) is 7.33. The van der Waals surface area contributed by atoms with E-state index in [1.54, 1.807) is 12.1 Å². The Morgan fingerprint density at radius 2 is 2.19 bits per heavy atom. The summed E-state index contributed by atoms with van der Waals surface area (Å²) in [6, 6.07) is 7.31. The molecular formula is C16H15ClN2O2. The first-order valence-electron chi connectivity index (χ1n) is 6.95. The van der Waals surface area contributed by atoms with Crippen molar-refractivity contribution in [1.29, 1.82) is 0 Å². The Labute approximate surface area is 127 Å². The predicted molar refractivity (Wildman–Crippen MR) is 79.6 cm³/mol. The SMILES string of the molecule is O=C(O)C(Cc1cccc(Cl)c1)c1ncnc2c1CCC2. The molecule has 5 heteroatoms. The number of halogens is 1. The minimum absolute atomic E-state index is 0.388. The van der Waals surface area contributed by atoms with Crippen molar-refractivity contribution in [2.45, 2.75) is 31.6 Å². The van der Waals surface area contributed by atoms with Gasteiger partial charge in [0.25, 0.3) is 0 Å². The second kappa shape index (κ2) is 5.82. The fourth-order valence-corrected chi connectivity index (χ4v) is 3.10. The van der Waals surface area contributed by atoms with Gasteiger partial charge >= 0.3 is 5.97 Å². The summed E-state index contributed by atoms with van der Waals surface area (Å²) in [5.41, 5.74) is 3.58. The number of rotatable bonds is 4.